The number of anilines is 1. The summed E-state index contributed by atoms with van der Waals surface area (Å²) >= 11 is 9.85. The number of nitrogens with one attached hydrogen (secondary N) is 1. The number of hydrogen-bond donors (Lipinski definition) is 3. The van der Waals surface area contributed by atoms with Crippen LogP contribution in [0, 0.1) is 0 Å². The number of rotatable bonds is 4. The van der Waals surface area contributed by atoms with Crippen molar-refractivity contribution in [2.45, 2.75) is 12.5 Å². The molecule has 1 unspecified atom stereocenters. The second-order valence-electron chi connectivity index (χ2n) is 3.42. The average molecular weight is 445 g/mol. The van der Waals surface area contributed by atoms with Crippen LogP contribution in [0.5, 0.6) is 0 Å². The summed E-state index contributed by atoms with van der Waals surface area (Å²) in [6, 6.07) is 3.47. The Balaban J connectivity index is 2.85. The van der Waals surface area contributed by atoms with E-state index in [1.54, 1.807) is 12.1 Å². The highest BCUT2D eigenvalue weighted by Gasteiger charge is 2.19. The van der Waals surface area contributed by atoms with Crippen molar-refractivity contribution in [2.24, 2.45) is 5.73 Å². The molecule has 5 nitrogen and oxygen atoms in total. The largest absolute Gasteiger partial charge is 0.383 e. The Labute approximate surface area is 129 Å². The lowest BCUT2D eigenvalue weighted by molar-refractivity contribution is -0.129. The smallest absolute Gasteiger partial charge is 0.253 e. The number of aliphatic hydroxyl groups is 1. The van der Waals surface area contributed by atoms with E-state index in [-0.39, 0.29) is 0 Å². The van der Waals surface area contributed by atoms with E-state index in [2.05, 4.69) is 53.1 Å². The summed E-state index contributed by atoms with van der Waals surface area (Å²) in [7, 11) is 0. The monoisotopic (exact) mass is 442 g/mol. The molecule has 0 saturated heterocycles. The molecule has 0 aliphatic heterocycles. The minimum absolute atomic E-state index is 0.419. The fraction of sp³-hybridized carbons (Fsp3) is 0.200. The summed E-state index contributed by atoms with van der Waals surface area (Å²) in [5, 5.41) is 11.9. The van der Waals surface area contributed by atoms with Gasteiger partial charge in [0.1, 0.15) is 6.10 Å². The van der Waals surface area contributed by atoms with E-state index < -0.39 is 24.3 Å². The highest BCUT2D eigenvalue weighted by atomic mass is 79.9. The van der Waals surface area contributed by atoms with Crippen LogP contribution in [-0.2, 0) is 9.59 Å². The molecular weight excluding hydrogens is 436 g/mol. The second kappa shape index (κ2) is 6.65. The standard InChI is InChI=1S/C10H9Br3N2O3/c11-4-1-5(12)9(6(13)2-4)15-10(18)7(16)3-8(14)17/h1-2,7,16H,3H2,(H2,14,17)(H,15,18). The van der Waals surface area contributed by atoms with Crippen LogP contribution in [0.3, 0.4) is 0 Å². The average Bonchev–Trinajstić information content (AvgIpc) is 2.21. The maximum Gasteiger partial charge on any atom is 0.253 e. The topological polar surface area (TPSA) is 92.4 Å². The van der Waals surface area contributed by atoms with E-state index >= 15 is 0 Å². The molecule has 0 bridgehead atoms. The number of nitrogens with two attached hydrogens (primary N) is 1. The van der Waals surface area contributed by atoms with Crippen LogP contribution in [0.1, 0.15) is 6.42 Å². The zero-order valence-electron chi connectivity index (χ0n) is 8.91. The summed E-state index contributed by atoms with van der Waals surface area (Å²) in [6.07, 6.45) is -1.89. The molecule has 98 valence electrons. The van der Waals surface area contributed by atoms with Crippen molar-refractivity contribution in [3.8, 4) is 0 Å². The molecule has 0 radical (unpaired) electrons. The van der Waals surface area contributed by atoms with Gasteiger partial charge in [-0.25, -0.2) is 0 Å². The van der Waals surface area contributed by atoms with E-state index in [9.17, 15) is 14.7 Å². The van der Waals surface area contributed by atoms with Gasteiger partial charge in [0.05, 0.1) is 12.1 Å². The van der Waals surface area contributed by atoms with Crippen molar-refractivity contribution >= 4 is 65.3 Å². The molecule has 2 amide bonds. The third-order valence-corrected chi connectivity index (χ3v) is 3.66. The van der Waals surface area contributed by atoms with Crippen molar-refractivity contribution in [1.82, 2.24) is 0 Å². The number of benzene rings is 1. The van der Waals surface area contributed by atoms with Crippen molar-refractivity contribution in [2.75, 3.05) is 5.32 Å². The van der Waals surface area contributed by atoms with Gasteiger partial charge in [-0.1, -0.05) is 15.9 Å². The van der Waals surface area contributed by atoms with Gasteiger partial charge in [-0.2, -0.15) is 0 Å². The van der Waals surface area contributed by atoms with Crippen molar-refractivity contribution in [1.29, 1.82) is 0 Å². The van der Waals surface area contributed by atoms with Crippen LogP contribution in [0.25, 0.3) is 0 Å². The van der Waals surface area contributed by atoms with E-state index in [4.69, 9.17) is 5.73 Å². The predicted molar refractivity (Wildman–Crippen MR) is 78.0 cm³/mol. The number of primary amides is 1. The van der Waals surface area contributed by atoms with Crippen molar-refractivity contribution in [3.63, 3.8) is 0 Å². The zero-order chi connectivity index (χ0) is 13.9. The maximum absolute atomic E-state index is 11.6. The summed E-state index contributed by atoms with van der Waals surface area (Å²) in [6.45, 7) is 0. The number of halogens is 3. The van der Waals surface area contributed by atoms with Crippen LogP contribution in [-0.4, -0.2) is 23.0 Å². The van der Waals surface area contributed by atoms with Crippen LogP contribution in [0.15, 0.2) is 25.6 Å². The minimum atomic E-state index is -1.47. The van der Waals surface area contributed by atoms with Crippen LogP contribution < -0.4 is 11.1 Å². The zero-order valence-corrected chi connectivity index (χ0v) is 13.7. The quantitative estimate of drug-likeness (QED) is 0.664. The Morgan fingerprint density at radius 3 is 2.22 bits per heavy atom. The summed E-state index contributed by atoms with van der Waals surface area (Å²) in [5.74, 6) is -1.44. The molecule has 4 N–H and O–H groups in total. The van der Waals surface area contributed by atoms with Gasteiger partial charge in [0, 0.05) is 13.4 Å². The first-order valence-electron chi connectivity index (χ1n) is 4.73. The number of aliphatic hydroxyl groups excluding tert-OH is 1. The lowest BCUT2D eigenvalue weighted by Crippen LogP contribution is -2.32. The normalized spacial score (nSPS) is 12.0. The van der Waals surface area contributed by atoms with Gasteiger partial charge < -0.3 is 16.2 Å². The summed E-state index contributed by atoms with van der Waals surface area (Å²) in [4.78, 5) is 22.2. The van der Waals surface area contributed by atoms with E-state index in [1.807, 2.05) is 0 Å². The first-order chi connectivity index (χ1) is 8.31. The van der Waals surface area contributed by atoms with Crippen LogP contribution in [0.4, 0.5) is 5.69 Å². The van der Waals surface area contributed by atoms with Gasteiger partial charge in [0.15, 0.2) is 0 Å². The molecule has 0 spiro atoms. The Morgan fingerprint density at radius 1 is 1.28 bits per heavy atom. The first kappa shape index (κ1) is 15.6. The Morgan fingerprint density at radius 2 is 1.78 bits per heavy atom. The van der Waals surface area contributed by atoms with Crippen molar-refractivity contribution in [3.05, 3.63) is 25.6 Å². The lowest BCUT2D eigenvalue weighted by atomic mass is 10.2. The predicted octanol–water partition coefficient (Wildman–Crippen LogP) is 2.15. The summed E-state index contributed by atoms with van der Waals surface area (Å²) < 4.78 is 2.07. The van der Waals surface area contributed by atoms with Crippen LogP contribution in [0.2, 0.25) is 0 Å². The highest BCUT2D eigenvalue weighted by Crippen LogP contribution is 2.34. The molecule has 0 saturated carbocycles. The Hall–Kier alpha value is -0.440. The van der Waals surface area contributed by atoms with Gasteiger partial charge in [-0.3, -0.25) is 9.59 Å². The van der Waals surface area contributed by atoms with Crippen molar-refractivity contribution < 1.29 is 14.7 Å². The van der Waals surface area contributed by atoms with Crippen LogP contribution >= 0.6 is 47.8 Å². The van der Waals surface area contributed by atoms with E-state index in [1.165, 1.54) is 0 Å². The SMILES string of the molecule is NC(=O)CC(O)C(=O)Nc1c(Br)cc(Br)cc1Br. The molecule has 1 atom stereocenters. The Bertz CT molecular complexity index is 470. The molecular formula is C10H9Br3N2O3. The minimum Gasteiger partial charge on any atom is -0.383 e. The molecule has 1 aromatic carbocycles. The number of amides is 2. The molecule has 0 aliphatic carbocycles. The molecule has 1 rings (SSSR count). The third-order valence-electron chi connectivity index (χ3n) is 1.95. The molecule has 0 aromatic heterocycles. The fourth-order valence-electron chi connectivity index (χ4n) is 1.15. The number of carbonyl (C=O) groups is 2. The molecule has 8 heteroatoms. The van der Waals surface area contributed by atoms with E-state index in [0.717, 1.165) is 4.47 Å². The molecule has 0 heterocycles. The number of hydrogen-bond acceptors (Lipinski definition) is 3. The molecule has 18 heavy (non-hydrogen) atoms. The van der Waals surface area contributed by atoms with E-state index in [0.29, 0.717) is 14.6 Å². The molecule has 0 fully saturated rings. The molecule has 1 aromatic rings. The first-order valence-corrected chi connectivity index (χ1v) is 7.11. The highest BCUT2D eigenvalue weighted by molar-refractivity contribution is 9.11. The lowest BCUT2D eigenvalue weighted by Gasteiger charge is -2.13. The van der Waals surface area contributed by atoms with Gasteiger partial charge in [-0.15, -0.1) is 0 Å². The second-order valence-corrected chi connectivity index (χ2v) is 6.04. The van der Waals surface area contributed by atoms with Gasteiger partial charge in [-0.05, 0) is 44.0 Å². The van der Waals surface area contributed by atoms with Gasteiger partial charge in [0.2, 0.25) is 5.91 Å². The van der Waals surface area contributed by atoms with Gasteiger partial charge in [0.25, 0.3) is 5.91 Å². The van der Waals surface area contributed by atoms with Gasteiger partial charge >= 0.3 is 0 Å². The summed E-state index contributed by atoms with van der Waals surface area (Å²) in [5.41, 5.74) is 5.37. The molecule has 0 aliphatic rings. The number of carbonyl (C=O) groups excluding carboxylic acids is 2. The third kappa shape index (κ3) is 4.34. The maximum atomic E-state index is 11.6. The fourth-order valence-corrected chi connectivity index (χ4v) is 3.61. The Kier molecular flexibility index (Phi) is 5.77.